The molecule has 0 bridgehead atoms. The van der Waals surface area contributed by atoms with E-state index in [0.717, 1.165) is 17.7 Å². The van der Waals surface area contributed by atoms with Gasteiger partial charge < -0.3 is 19.8 Å². The standard InChI is InChI=1S/C16H21N3O3/c1-21-14-5-3-12(9-15(14)22-2)4-6-16(20)18-8-7-13-10-17-11-19-13/h3,5,9-11H,4,6-8H2,1-2H3,(H,17,19)(H,18,20). The zero-order valence-corrected chi connectivity index (χ0v) is 12.9. The highest BCUT2D eigenvalue weighted by atomic mass is 16.5. The number of aryl methyl sites for hydroxylation is 1. The molecule has 1 amide bonds. The van der Waals surface area contributed by atoms with E-state index in [1.54, 1.807) is 26.7 Å². The first kappa shape index (κ1) is 15.9. The van der Waals surface area contributed by atoms with Gasteiger partial charge in [-0.25, -0.2) is 4.98 Å². The van der Waals surface area contributed by atoms with Gasteiger partial charge in [0.1, 0.15) is 0 Å². The number of rotatable bonds is 8. The highest BCUT2D eigenvalue weighted by molar-refractivity contribution is 5.76. The molecule has 0 aliphatic rings. The lowest BCUT2D eigenvalue weighted by molar-refractivity contribution is -0.121. The summed E-state index contributed by atoms with van der Waals surface area (Å²) in [5, 5.41) is 2.90. The maximum atomic E-state index is 11.8. The molecule has 6 heteroatoms. The van der Waals surface area contributed by atoms with Gasteiger partial charge in [0.05, 0.1) is 20.5 Å². The fourth-order valence-corrected chi connectivity index (χ4v) is 2.14. The van der Waals surface area contributed by atoms with Crippen molar-refractivity contribution in [3.05, 3.63) is 42.0 Å². The number of hydrogen-bond donors (Lipinski definition) is 2. The van der Waals surface area contributed by atoms with Gasteiger partial charge in [-0.1, -0.05) is 6.07 Å². The molecule has 1 aromatic heterocycles. The molecule has 1 heterocycles. The van der Waals surface area contributed by atoms with E-state index >= 15 is 0 Å². The van der Waals surface area contributed by atoms with E-state index in [4.69, 9.17) is 9.47 Å². The molecule has 0 radical (unpaired) electrons. The summed E-state index contributed by atoms with van der Waals surface area (Å²) in [6.07, 6.45) is 5.25. The number of methoxy groups -OCH3 is 2. The maximum Gasteiger partial charge on any atom is 0.220 e. The first-order valence-electron chi connectivity index (χ1n) is 7.17. The molecule has 0 aliphatic carbocycles. The summed E-state index contributed by atoms with van der Waals surface area (Å²) < 4.78 is 10.4. The monoisotopic (exact) mass is 303 g/mol. The summed E-state index contributed by atoms with van der Waals surface area (Å²) >= 11 is 0. The van der Waals surface area contributed by atoms with Gasteiger partial charge in [-0.15, -0.1) is 0 Å². The van der Waals surface area contributed by atoms with Gasteiger partial charge in [0.2, 0.25) is 5.91 Å². The summed E-state index contributed by atoms with van der Waals surface area (Å²) in [7, 11) is 3.20. The average Bonchev–Trinajstić information content (AvgIpc) is 3.06. The van der Waals surface area contributed by atoms with Crippen LogP contribution in [0.1, 0.15) is 17.7 Å². The Bertz CT molecular complexity index is 597. The van der Waals surface area contributed by atoms with Gasteiger partial charge >= 0.3 is 0 Å². The number of aromatic amines is 1. The second kappa shape index (κ2) is 8.07. The van der Waals surface area contributed by atoms with Crippen LogP contribution in [-0.2, 0) is 17.6 Å². The molecule has 118 valence electrons. The Morgan fingerprint density at radius 3 is 2.73 bits per heavy atom. The smallest absolute Gasteiger partial charge is 0.220 e. The van der Waals surface area contributed by atoms with Crippen LogP contribution in [0.4, 0.5) is 0 Å². The van der Waals surface area contributed by atoms with Gasteiger partial charge in [-0.3, -0.25) is 4.79 Å². The number of benzene rings is 1. The van der Waals surface area contributed by atoms with Crippen molar-refractivity contribution in [3.63, 3.8) is 0 Å². The van der Waals surface area contributed by atoms with Crippen LogP contribution in [0.3, 0.4) is 0 Å². The first-order valence-corrected chi connectivity index (χ1v) is 7.17. The number of carbonyl (C=O) groups is 1. The van der Waals surface area contributed by atoms with E-state index in [0.29, 0.717) is 30.9 Å². The summed E-state index contributed by atoms with van der Waals surface area (Å²) in [5.41, 5.74) is 2.06. The van der Waals surface area contributed by atoms with Crippen LogP contribution in [0.5, 0.6) is 11.5 Å². The lowest BCUT2D eigenvalue weighted by atomic mass is 10.1. The van der Waals surface area contributed by atoms with Gasteiger partial charge in [0, 0.05) is 31.3 Å². The number of nitrogens with zero attached hydrogens (tertiary/aromatic N) is 1. The molecular weight excluding hydrogens is 282 g/mol. The number of nitrogens with one attached hydrogen (secondary N) is 2. The predicted octanol–water partition coefficient (Wildman–Crippen LogP) is 1.72. The van der Waals surface area contributed by atoms with Crippen molar-refractivity contribution in [2.75, 3.05) is 20.8 Å². The predicted molar refractivity (Wildman–Crippen MR) is 83.2 cm³/mol. The number of H-pyrrole nitrogens is 1. The minimum absolute atomic E-state index is 0.0364. The summed E-state index contributed by atoms with van der Waals surface area (Å²) in [4.78, 5) is 18.8. The molecule has 1 aromatic carbocycles. The molecular formula is C16H21N3O3. The van der Waals surface area contributed by atoms with E-state index in [-0.39, 0.29) is 5.91 Å². The third kappa shape index (κ3) is 4.51. The zero-order chi connectivity index (χ0) is 15.8. The van der Waals surface area contributed by atoms with Gasteiger partial charge in [0.15, 0.2) is 11.5 Å². The average molecular weight is 303 g/mol. The largest absolute Gasteiger partial charge is 0.493 e. The SMILES string of the molecule is COc1ccc(CCC(=O)NCCc2cnc[nH]2)cc1OC. The van der Waals surface area contributed by atoms with Gasteiger partial charge in [-0.05, 0) is 24.1 Å². The van der Waals surface area contributed by atoms with Crippen LogP contribution in [0.25, 0.3) is 0 Å². The quantitative estimate of drug-likeness (QED) is 0.778. The highest BCUT2D eigenvalue weighted by Crippen LogP contribution is 2.27. The minimum Gasteiger partial charge on any atom is -0.493 e. The molecule has 6 nitrogen and oxygen atoms in total. The molecule has 0 atom stereocenters. The van der Waals surface area contributed by atoms with Crippen molar-refractivity contribution in [1.29, 1.82) is 0 Å². The molecule has 2 aromatic rings. The second-order valence-corrected chi connectivity index (χ2v) is 4.87. The van der Waals surface area contributed by atoms with Crippen molar-refractivity contribution in [3.8, 4) is 11.5 Å². The Morgan fingerprint density at radius 1 is 1.23 bits per heavy atom. The summed E-state index contributed by atoms with van der Waals surface area (Å²) in [5.74, 6) is 1.41. The fourth-order valence-electron chi connectivity index (χ4n) is 2.14. The van der Waals surface area contributed by atoms with Crippen LogP contribution >= 0.6 is 0 Å². The van der Waals surface area contributed by atoms with Crippen LogP contribution in [-0.4, -0.2) is 36.6 Å². The number of imidazole rings is 1. The zero-order valence-electron chi connectivity index (χ0n) is 12.9. The van der Waals surface area contributed by atoms with Crippen LogP contribution in [0.15, 0.2) is 30.7 Å². The molecule has 22 heavy (non-hydrogen) atoms. The van der Waals surface area contributed by atoms with Crippen molar-refractivity contribution < 1.29 is 14.3 Å². The third-order valence-electron chi connectivity index (χ3n) is 3.36. The molecule has 0 saturated carbocycles. The number of hydrogen-bond acceptors (Lipinski definition) is 4. The normalized spacial score (nSPS) is 10.3. The van der Waals surface area contributed by atoms with Crippen molar-refractivity contribution >= 4 is 5.91 Å². The minimum atomic E-state index is 0.0364. The summed E-state index contributed by atoms with van der Waals surface area (Å²) in [6, 6.07) is 5.69. The molecule has 0 fully saturated rings. The first-order chi connectivity index (χ1) is 10.7. The number of ether oxygens (including phenoxy) is 2. The van der Waals surface area contributed by atoms with Crippen LogP contribution < -0.4 is 14.8 Å². The number of amides is 1. The Morgan fingerprint density at radius 2 is 2.05 bits per heavy atom. The van der Waals surface area contributed by atoms with Crippen LogP contribution in [0, 0.1) is 0 Å². The Hall–Kier alpha value is -2.50. The van der Waals surface area contributed by atoms with E-state index in [1.807, 2.05) is 18.2 Å². The Balaban J connectivity index is 1.76. The van der Waals surface area contributed by atoms with E-state index < -0.39 is 0 Å². The van der Waals surface area contributed by atoms with E-state index in [2.05, 4.69) is 15.3 Å². The van der Waals surface area contributed by atoms with Crippen molar-refractivity contribution in [1.82, 2.24) is 15.3 Å². The van der Waals surface area contributed by atoms with Crippen molar-refractivity contribution in [2.24, 2.45) is 0 Å². The highest BCUT2D eigenvalue weighted by Gasteiger charge is 2.07. The van der Waals surface area contributed by atoms with E-state index in [1.165, 1.54) is 0 Å². The molecule has 0 unspecified atom stereocenters. The molecule has 2 N–H and O–H groups in total. The Kier molecular flexibility index (Phi) is 5.82. The molecule has 2 rings (SSSR count). The molecule has 0 aliphatic heterocycles. The molecule has 0 spiro atoms. The molecule has 0 saturated heterocycles. The number of aromatic nitrogens is 2. The second-order valence-electron chi connectivity index (χ2n) is 4.87. The lowest BCUT2D eigenvalue weighted by Gasteiger charge is -2.09. The summed E-state index contributed by atoms with van der Waals surface area (Å²) in [6.45, 7) is 0.604. The fraction of sp³-hybridized carbons (Fsp3) is 0.375. The van der Waals surface area contributed by atoms with Gasteiger partial charge in [-0.2, -0.15) is 0 Å². The lowest BCUT2D eigenvalue weighted by Crippen LogP contribution is -2.25. The van der Waals surface area contributed by atoms with Crippen LogP contribution in [0.2, 0.25) is 0 Å². The third-order valence-corrected chi connectivity index (χ3v) is 3.36. The van der Waals surface area contributed by atoms with E-state index in [9.17, 15) is 4.79 Å². The Labute approximate surface area is 129 Å². The van der Waals surface area contributed by atoms with Gasteiger partial charge in [0.25, 0.3) is 0 Å². The maximum absolute atomic E-state index is 11.8. The number of carbonyl (C=O) groups excluding carboxylic acids is 1. The van der Waals surface area contributed by atoms with Crippen molar-refractivity contribution in [2.45, 2.75) is 19.3 Å². The topological polar surface area (TPSA) is 76.2 Å².